The maximum Gasteiger partial charge on any atom is 0.138 e. The van der Waals surface area contributed by atoms with E-state index in [9.17, 15) is 0 Å². The average molecular weight is 303 g/mol. The van der Waals surface area contributed by atoms with Crippen molar-refractivity contribution in [1.29, 1.82) is 0 Å². The van der Waals surface area contributed by atoms with Gasteiger partial charge in [0.15, 0.2) is 0 Å². The molecule has 1 aliphatic rings. The average Bonchev–Trinajstić information content (AvgIpc) is 2.94. The Morgan fingerprint density at radius 1 is 1.09 bits per heavy atom. The normalized spacial score (nSPS) is 17.8. The summed E-state index contributed by atoms with van der Waals surface area (Å²) < 4.78 is 7.38. The Morgan fingerprint density at radius 3 is 2.41 bits per heavy atom. The third-order valence-corrected chi connectivity index (χ3v) is 4.53. The molecule has 0 N–H and O–H groups in total. The molecule has 1 saturated heterocycles. The first-order valence-corrected chi connectivity index (χ1v) is 7.96. The maximum absolute atomic E-state index is 5.27. The highest BCUT2D eigenvalue weighted by molar-refractivity contribution is 5.20. The molecular weight excluding hydrogens is 278 g/mol. The van der Waals surface area contributed by atoms with E-state index in [0.717, 1.165) is 56.5 Å². The molecule has 0 amide bonds. The predicted octanol–water partition coefficient (Wildman–Crippen LogP) is 1.73. The minimum atomic E-state index is 0.933. The maximum atomic E-state index is 5.27. The first-order valence-electron chi connectivity index (χ1n) is 7.96. The van der Waals surface area contributed by atoms with Crippen molar-refractivity contribution in [3.05, 3.63) is 35.2 Å². The molecule has 0 bridgehead atoms. The Labute approximate surface area is 131 Å². The highest BCUT2D eigenvalue weighted by atomic mass is 16.5. The Bertz CT molecular complexity index is 598. The highest BCUT2D eigenvalue weighted by Crippen LogP contribution is 2.16. The molecule has 22 heavy (non-hydrogen) atoms. The number of hydrogen-bond acceptors (Lipinski definition) is 5. The van der Waals surface area contributed by atoms with Crippen LogP contribution >= 0.6 is 0 Å². The molecule has 0 unspecified atom stereocenters. The summed E-state index contributed by atoms with van der Waals surface area (Å²) in [6.07, 6.45) is 5.07. The van der Waals surface area contributed by atoms with E-state index in [-0.39, 0.29) is 0 Å². The molecule has 0 radical (unpaired) electrons. The van der Waals surface area contributed by atoms with E-state index in [0.29, 0.717) is 0 Å². The second-order valence-electron chi connectivity index (χ2n) is 6.16. The summed E-state index contributed by atoms with van der Waals surface area (Å²) in [6, 6.07) is 0. The molecule has 1 aliphatic heterocycles. The molecule has 120 valence electrons. The molecule has 1 fully saturated rings. The van der Waals surface area contributed by atoms with Crippen LogP contribution in [0.2, 0.25) is 0 Å². The van der Waals surface area contributed by atoms with Gasteiger partial charge in [-0.25, -0.2) is 4.98 Å². The van der Waals surface area contributed by atoms with Crippen LogP contribution in [0.25, 0.3) is 0 Å². The summed E-state index contributed by atoms with van der Waals surface area (Å²) in [4.78, 5) is 9.43. The van der Waals surface area contributed by atoms with Crippen LogP contribution in [0.5, 0.6) is 0 Å². The zero-order valence-corrected chi connectivity index (χ0v) is 13.7. The molecule has 0 aliphatic carbocycles. The molecule has 3 rings (SSSR count). The van der Waals surface area contributed by atoms with Gasteiger partial charge in [-0.2, -0.15) is 0 Å². The third kappa shape index (κ3) is 3.39. The number of hydrogen-bond donors (Lipinski definition) is 0. The van der Waals surface area contributed by atoms with Crippen molar-refractivity contribution in [2.75, 3.05) is 26.2 Å². The summed E-state index contributed by atoms with van der Waals surface area (Å²) in [6.45, 7) is 10.3. The van der Waals surface area contributed by atoms with E-state index in [1.54, 1.807) is 0 Å². The summed E-state index contributed by atoms with van der Waals surface area (Å²) in [7, 11) is 2.06. The van der Waals surface area contributed by atoms with Crippen molar-refractivity contribution in [3.63, 3.8) is 0 Å². The standard InChI is InChI=1S/C16H25N5O/c1-13-15(14(2)22-18-13)11-20-6-4-7-21(10-9-20)12-16-17-5-8-19(16)3/h5,8H,4,6-7,9-12H2,1-3H3. The quantitative estimate of drug-likeness (QED) is 0.861. The van der Waals surface area contributed by atoms with Gasteiger partial charge in [0, 0.05) is 44.6 Å². The molecule has 0 atom stereocenters. The van der Waals surface area contributed by atoms with Crippen LogP contribution in [0, 0.1) is 13.8 Å². The fraction of sp³-hybridized carbons (Fsp3) is 0.625. The molecule has 0 saturated carbocycles. The number of aryl methyl sites for hydroxylation is 3. The molecule has 6 nitrogen and oxygen atoms in total. The number of nitrogens with zero attached hydrogens (tertiary/aromatic N) is 5. The van der Waals surface area contributed by atoms with E-state index < -0.39 is 0 Å². The molecule has 2 aromatic heterocycles. The third-order valence-electron chi connectivity index (χ3n) is 4.53. The predicted molar refractivity (Wildman–Crippen MR) is 84.4 cm³/mol. The molecule has 0 spiro atoms. The zero-order valence-electron chi connectivity index (χ0n) is 13.7. The molecule has 3 heterocycles. The van der Waals surface area contributed by atoms with Crippen LogP contribution in [0.15, 0.2) is 16.9 Å². The fourth-order valence-electron chi connectivity index (χ4n) is 3.04. The SMILES string of the molecule is Cc1noc(C)c1CN1CCCN(Cc2nccn2C)CC1. The van der Waals surface area contributed by atoms with Crippen LogP contribution in [-0.4, -0.2) is 50.7 Å². The van der Waals surface area contributed by atoms with Gasteiger partial charge in [0.2, 0.25) is 0 Å². The van der Waals surface area contributed by atoms with Crippen molar-refractivity contribution >= 4 is 0 Å². The van der Waals surface area contributed by atoms with Gasteiger partial charge in [0.25, 0.3) is 0 Å². The lowest BCUT2D eigenvalue weighted by atomic mass is 10.2. The van der Waals surface area contributed by atoms with E-state index in [1.807, 2.05) is 26.2 Å². The van der Waals surface area contributed by atoms with Crippen molar-refractivity contribution in [1.82, 2.24) is 24.5 Å². The lowest BCUT2D eigenvalue weighted by Crippen LogP contribution is -2.31. The molecule has 2 aromatic rings. The highest BCUT2D eigenvalue weighted by Gasteiger charge is 2.19. The second kappa shape index (κ2) is 6.62. The minimum absolute atomic E-state index is 0.933. The van der Waals surface area contributed by atoms with Crippen molar-refractivity contribution in [2.45, 2.75) is 33.4 Å². The monoisotopic (exact) mass is 303 g/mol. The zero-order chi connectivity index (χ0) is 15.5. The van der Waals surface area contributed by atoms with Gasteiger partial charge in [0.05, 0.1) is 12.2 Å². The van der Waals surface area contributed by atoms with Gasteiger partial charge in [-0.1, -0.05) is 5.16 Å². The minimum Gasteiger partial charge on any atom is -0.361 e. The van der Waals surface area contributed by atoms with E-state index in [1.165, 1.54) is 12.0 Å². The smallest absolute Gasteiger partial charge is 0.138 e. The van der Waals surface area contributed by atoms with Crippen LogP contribution in [0.3, 0.4) is 0 Å². The van der Waals surface area contributed by atoms with Crippen LogP contribution in [0.1, 0.15) is 29.3 Å². The summed E-state index contributed by atoms with van der Waals surface area (Å²) in [5.74, 6) is 2.09. The van der Waals surface area contributed by atoms with Crippen molar-refractivity contribution in [3.8, 4) is 0 Å². The Morgan fingerprint density at radius 2 is 1.82 bits per heavy atom. The summed E-state index contributed by atoms with van der Waals surface area (Å²) in [5, 5.41) is 4.06. The van der Waals surface area contributed by atoms with Crippen molar-refractivity contribution < 1.29 is 4.52 Å². The fourth-order valence-corrected chi connectivity index (χ4v) is 3.04. The van der Waals surface area contributed by atoms with Gasteiger partial charge in [-0.3, -0.25) is 9.80 Å². The molecular formula is C16H25N5O. The van der Waals surface area contributed by atoms with E-state index in [2.05, 4.69) is 31.6 Å². The number of rotatable bonds is 4. The first kappa shape index (κ1) is 15.2. The van der Waals surface area contributed by atoms with Gasteiger partial charge >= 0.3 is 0 Å². The van der Waals surface area contributed by atoms with Crippen LogP contribution in [0.4, 0.5) is 0 Å². The molecule has 0 aromatic carbocycles. The Hall–Kier alpha value is -1.66. The Balaban J connectivity index is 1.57. The van der Waals surface area contributed by atoms with Gasteiger partial charge in [0.1, 0.15) is 11.6 Å². The lowest BCUT2D eigenvalue weighted by molar-refractivity contribution is 0.241. The van der Waals surface area contributed by atoms with Gasteiger partial charge in [-0.15, -0.1) is 0 Å². The number of aromatic nitrogens is 3. The molecule has 6 heteroatoms. The topological polar surface area (TPSA) is 50.3 Å². The first-order chi connectivity index (χ1) is 10.6. The van der Waals surface area contributed by atoms with Crippen molar-refractivity contribution in [2.24, 2.45) is 7.05 Å². The largest absolute Gasteiger partial charge is 0.361 e. The van der Waals surface area contributed by atoms with Gasteiger partial charge in [-0.05, 0) is 33.4 Å². The summed E-state index contributed by atoms with van der Waals surface area (Å²) >= 11 is 0. The summed E-state index contributed by atoms with van der Waals surface area (Å²) in [5.41, 5.74) is 2.27. The second-order valence-corrected chi connectivity index (χ2v) is 6.16. The lowest BCUT2D eigenvalue weighted by Gasteiger charge is -2.21. The van der Waals surface area contributed by atoms with E-state index >= 15 is 0 Å². The van der Waals surface area contributed by atoms with Gasteiger partial charge < -0.3 is 9.09 Å². The number of imidazole rings is 1. The Kier molecular flexibility index (Phi) is 4.59. The van der Waals surface area contributed by atoms with E-state index in [4.69, 9.17) is 4.52 Å². The van der Waals surface area contributed by atoms with Crippen LogP contribution < -0.4 is 0 Å². The van der Waals surface area contributed by atoms with Crippen LogP contribution in [-0.2, 0) is 20.1 Å².